The van der Waals surface area contributed by atoms with Gasteiger partial charge in [0.15, 0.2) is 11.5 Å². The third-order valence-corrected chi connectivity index (χ3v) is 5.06. The lowest BCUT2D eigenvalue weighted by Crippen LogP contribution is -2.00. The second-order valence-corrected chi connectivity index (χ2v) is 7.05. The molecule has 7 heteroatoms. The topological polar surface area (TPSA) is 60.7 Å². The number of anilines is 1. The zero-order valence-electron chi connectivity index (χ0n) is 16.7. The van der Waals surface area contributed by atoms with Gasteiger partial charge in [-0.2, -0.15) is 5.10 Å². The molecular weight excluding hydrogens is 400 g/mol. The van der Waals surface area contributed by atoms with E-state index in [4.69, 9.17) is 21.1 Å². The number of aryl methyl sites for hydroxylation is 1. The van der Waals surface area contributed by atoms with Crippen LogP contribution in [0.25, 0.3) is 11.0 Å². The minimum absolute atomic E-state index is 0.359. The summed E-state index contributed by atoms with van der Waals surface area (Å²) in [4.78, 5) is 4.53. The van der Waals surface area contributed by atoms with E-state index in [1.54, 1.807) is 13.3 Å². The van der Waals surface area contributed by atoms with E-state index in [9.17, 15) is 0 Å². The molecule has 4 rings (SSSR count). The van der Waals surface area contributed by atoms with Crippen molar-refractivity contribution in [2.45, 2.75) is 6.61 Å². The average Bonchev–Trinajstić information content (AvgIpc) is 3.09. The number of halogens is 1. The van der Waals surface area contributed by atoms with Gasteiger partial charge < -0.3 is 14.0 Å². The predicted molar refractivity (Wildman–Crippen MR) is 121 cm³/mol. The number of imidazole rings is 1. The second kappa shape index (κ2) is 8.88. The van der Waals surface area contributed by atoms with Gasteiger partial charge in [0.25, 0.3) is 0 Å². The fourth-order valence-electron chi connectivity index (χ4n) is 3.06. The van der Waals surface area contributed by atoms with Crippen LogP contribution in [0.2, 0.25) is 5.02 Å². The van der Waals surface area contributed by atoms with Crippen LogP contribution in [0.3, 0.4) is 0 Å². The Labute approximate surface area is 179 Å². The fraction of sp³-hybridized carbons (Fsp3) is 0.130. The molecule has 0 radical (unpaired) electrons. The molecule has 6 nitrogen and oxygen atoms in total. The van der Waals surface area contributed by atoms with Gasteiger partial charge in [0.2, 0.25) is 5.95 Å². The summed E-state index contributed by atoms with van der Waals surface area (Å²) in [5, 5.41) is 4.98. The molecule has 0 spiro atoms. The van der Waals surface area contributed by atoms with Gasteiger partial charge in [-0.15, -0.1) is 0 Å². The van der Waals surface area contributed by atoms with Gasteiger partial charge in [-0.3, -0.25) is 0 Å². The lowest BCUT2D eigenvalue weighted by atomic mass is 10.2. The van der Waals surface area contributed by atoms with Crippen LogP contribution in [0.1, 0.15) is 11.1 Å². The van der Waals surface area contributed by atoms with Gasteiger partial charge in [-0.05, 0) is 42.0 Å². The molecule has 3 aromatic carbocycles. The molecular formula is C23H21ClN4O2. The molecule has 30 heavy (non-hydrogen) atoms. The Morgan fingerprint density at radius 1 is 1.07 bits per heavy atom. The Morgan fingerprint density at radius 2 is 1.87 bits per heavy atom. The van der Waals surface area contributed by atoms with E-state index in [2.05, 4.69) is 15.5 Å². The van der Waals surface area contributed by atoms with E-state index in [1.165, 1.54) is 0 Å². The number of hydrogen-bond acceptors (Lipinski definition) is 5. The van der Waals surface area contributed by atoms with E-state index in [0.29, 0.717) is 29.1 Å². The molecule has 152 valence electrons. The lowest BCUT2D eigenvalue weighted by Gasteiger charge is -2.12. The van der Waals surface area contributed by atoms with E-state index in [1.807, 2.05) is 78.3 Å². The smallest absolute Gasteiger partial charge is 0.224 e. The Hall–Kier alpha value is -3.51. The molecule has 0 unspecified atom stereocenters. The number of benzene rings is 3. The summed E-state index contributed by atoms with van der Waals surface area (Å²) < 4.78 is 13.3. The monoisotopic (exact) mass is 420 g/mol. The predicted octanol–water partition coefficient (Wildman–Crippen LogP) is 5.26. The van der Waals surface area contributed by atoms with Crippen LogP contribution >= 0.6 is 11.6 Å². The highest BCUT2D eigenvalue weighted by molar-refractivity contribution is 6.31. The molecule has 0 saturated heterocycles. The number of fused-ring (bicyclic) bond motifs is 1. The first-order valence-electron chi connectivity index (χ1n) is 9.40. The number of nitrogens with zero attached hydrogens (tertiary/aromatic N) is 3. The summed E-state index contributed by atoms with van der Waals surface area (Å²) in [6.07, 6.45) is 1.71. The van der Waals surface area contributed by atoms with Crippen molar-refractivity contribution in [3.63, 3.8) is 0 Å². The summed E-state index contributed by atoms with van der Waals surface area (Å²) in [6.45, 7) is 0.359. The molecule has 4 aromatic rings. The zero-order valence-corrected chi connectivity index (χ0v) is 17.4. The third-order valence-electron chi connectivity index (χ3n) is 4.69. The van der Waals surface area contributed by atoms with E-state index < -0.39 is 0 Å². The summed E-state index contributed by atoms with van der Waals surface area (Å²) >= 11 is 6.19. The number of methoxy groups -OCH3 is 1. The summed E-state index contributed by atoms with van der Waals surface area (Å²) in [5.41, 5.74) is 6.72. The Balaban J connectivity index is 1.45. The van der Waals surface area contributed by atoms with Crippen molar-refractivity contribution in [1.82, 2.24) is 9.55 Å². The van der Waals surface area contributed by atoms with E-state index in [-0.39, 0.29) is 0 Å². The highest BCUT2D eigenvalue weighted by atomic mass is 35.5. The van der Waals surface area contributed by atoms with Crippen LogP contribution in [0, 0.1) is 0 Å². The van der Waals surface area contributed by atoms with Crippen molar-refractivity contribution >= 4 is 34.8 Å². The number of nitrogens with one attached hydrogen (secondary N) is 1. The fourth-order valence-corrected chi connectivity index (χ4v) is 3.26. The molecule has 0 aliphatic carbocycles. The Bertz CT molecular complexity index is 1200. The van der Waals surface area contributed by atoms with Gasteiger partial charge in [-0.25, -0.2) is 10.4 Å². The highest BCUT2D eigenvalue weighted by Crippen LogP contribution is 2.29. The van der Waals surface area contributed by atoms with Gasteiger partial charge in [0, 0.05) is 17.6 Å². The molecule has 0 aliphatic heterocycles. The van der Waals surface area contributed by atoms with Crippen molar-refractivity contribution in [3.05, 3.63) is 82.9 Å². The summed E-state index contributed by atoms with van der Waals surface area (Å²) in [7, 11) is 3.55. The van der Waals surface area contributed by atoms with Crippen molar-refractivity contribution < 1.29 is 9.47 Å². The quantitative estimate of drug-likeness (QED) is 0.327. The molecule has 0 aliphatic rings. The maximum atomic E-state index is 6.19. The number of ether oxygens (including phenoxy) is 2. The van der Waals surface area contributed by atoms with E-state index >= 15 is 0 Å². The summed E-state index contributed by atoms with van der Waals surface area (Å²) in [5.74, 6) is 1.92. The number of rotatable bonds is 7. The third kappa shape index (κ3) is 4.23. The van der Waals surface area contributed by atoms with Gasteiger partial charge in [0.05, 0.1) is 24.4 Å². The Morgan fingerprint density at radius 3 is 2.67 bits per heavy atom. The molecule has 0 atom stereocenters. The number of aromatic nitrogens is 2. The normalized spacial score (nSPS) is 11.2. The SMILES string of the molecule is COc1cc(/C=N\Nc2nc3ccccc3n2C)ccc1OCc1ccccc1Cl. The molecule has 0 amide bonds. The van der Waals surface area contributed by atoms with E-state index in [0.717, 1.165) is 22.2 Å². The lowest BCUT2D eigenvalue weighted by molar-refractivity contribution is 0.284. The van der Waals surface area contributed by atoms with Crippen LogP contribution in [-0.4, -0.2) is 22.9 Å². The maximum Gasteiger partial charge on any atom is 0.224 e. The molecule has 0 saturated carbocycles. The van der Waals surface area contributed by atoms with Crippen molar-refractivity contribution in [1.29, 1.82) is 0 Å². The van der Waals surface area contributed by atoms with Gasteiger partial charge in [0.1, 0.15) is 6.61 Å². The van der Waals surface area contributed by atoms with Crippen LogP contribution in [0.5, 0.6) is 11.5 Å². The highest BCUT2D eigenvalue weighted by Gasteiger charge is 2.08. The van der Waals surface area contributed by atoms with Crippen LogP contribution in [0.15, 0.2) is 71.8 Å². The molecule has 0 bridgehead atoms. The first-order chi connectivity index (χ1) is 14.7. The average molecular weight is 421 g/mol. The number of hydrazone groups is 1. The molecule has 1 aromatic heterocycles. The van der Waals surface area contributed by atoms with Gasteiger partial charge >= 0.3 is 0 Å². The van der Waals surface area contributed by atoms with Crippen LogP contribution < -0.4 is 14.9 Å². The largest absolute Gasteiger partial charge is 0.493 e. The van der Waals surface area contributed by atoms with Gasteiger partial charge in [-0.1, -0.05) is 41.9 Å². The molecule has 0 fully saturated rings. The van der Waals surface area contributed by atoms with Crippen molar-refractivity contribution in [2.24, 2.45) is 12.1 Å². The first-order valence-corrected chi connectivity index (χ1v) is 9.78. The molecule has 1 heterocycles. The van der Waals surface area contributed by atoms with Crippen LogP contribution in [-0.2, 0) is 13.7 Å². The summed E-state index contributed by atoms with van der Waals surface area (Å²) in [6, 6.07) is 21.2. The number of para-hydroxylation sites is 2. The Kier molecular flexibility index (Phi) is 5.86. The molecule has 1 N–H and O–H groups in total. The van der Waals surface area contributed by atoms with Crippen LogP contribution in [0.4, 0.5) is 5.95 Å². The second-order valence-electron chi connectivity index (χ2n) is 6.64. The number of hydrogen-bond donors (Lipinski definition) is 1. The van der Waals surface area contributed by atoms with Crippen molar-refractivity contribution in [3.8, 4) is 11.5 Å². The first kappa shape index (κ1) is 19.8. The standard InChI is InChI=1S/C23H21ClN4O2/c1-28-20-10-6-5-9-19(20)26-23(28)27-25-14-16-11-12-21(22(13-16)29-2)30-15-17-7-3-4-8-18(17)24/h3-14H,15H2,1-2H3,(H,26,27)/b25-14-. The zero-order chi connectivity index (χ0) is 20.9. The van der Waals surface area contributed by atoms with Crippen molar-refractivity contribution in [2.75, 3.05) is 12.5 Å². The minimum Gasteiger partial charge on any atom is -0.493 e. The maximum absolute atomic E-state index is 6.19. The minimum atomic E-state index is 0.359.